The third-order valence-corrected chi connectivity index (χ3v) is 3.29. The minimum Gasteiger partial charge on any atom is -0.477 e. The van der Waals surface area contributed by atoms with Crippen molar-refractivity contribution in [3.63, 3.8) is 0 Å². The summed E-state index contributed by atoms with van der Waals surface area (Å²) in [6.45, 7) is 0. The maximum absolute atomic E-state index is 11.2. The number of hydrogen-bond donors (Lipinski definition) is 1. The van der Waals surface area contributed by atoms with E-state index in [9.17, 15) is 9.90 Å². The normalized spacial score (nSPS) is 13.3. The third kappa shape index (κ3) is 1.66. The summed E-state index contributed by atoms with van der Waals surface area (Å²) < 4.78 is 0. The molecule has 0 radical (unpaired) electrons. The molecule has 0 bridgehead atoms. The first kappa shape index (κ1) is 10.9. The van der Waals surface area contributed by atoms with Gasteiger partial charge in [-0.3, -0.25) is 0 Å². The first-order valence-electron chi connectivity index (χ1n) is 5.93. The van der Waals surface area contributed by atoms with Crippen molar-refractivity contribution in [3.05, 3.63) is 47.4 Å². The van der Waals surface area contributed by atoms with Crippen molar-refractivity contribution in [1.82, 2.24) is 9.97 Å². The number of nitrogens with zero attached hydrogens (tertiary/aromatic N) is 2. The topological polar surface area (TPSA) is 63.1 Å². The summed E-state index contributed by atoms with van der Waals surface area (Å²) in [5, 5.41) is 9.19. The third-order valence-electron chi connectivity index (χ3n) is 3.29. The summed E-state index contributed by atoms with van der Waals surface area (Å²) in [7, 11) is 0. The molecule has 4 nitrogen and oxygen atoms in total. The number of carbonyl (C=O) groups is 1. The van der Waals surface area contributed by atoms with Crippen LogP contribution in [0.4, 0.5) is 0 Å². The lowest BCUT2D eigenvalue weighted by molar-refractivity contribution is 0.0689. The Bertz CT molecular complexity index is 623. The predicted molar refractivity (Wildman–Crippen MR) is 66.5 cm³/mol. The van der Waals surface area contributed by atoms with Crippen molar-refractivity contribution in [3.8, 4) is 11.3 Å². The molecular formula is C14H12N2O2. The number of carboxylic acid groups (broad SMARTS) is 1. The Balaban J connectivity index is 2.28. The average molecular weight is 240 g/mol. The summed E-state index contributed by atoms with van der Waals surface area (Å²) in [5.41, 5.74) is 3.93. The van der Waals surface area contributed by atoms with E-state index in [1.54, 1.807) is 0 Å². The van der Waals surface area contributed by atoms with Crippen molar-refractivity contribution in [1.29, 1.82) is 0 Å². The fourth-order valence-electron chi connectivity index (χ4n) is 2.49. The van der Waals surface area contributed by atoms with Crippen LogP contribution in [0.2, 0.25) is 0 Å². The lowest BCUT2D eigenvalue weighted by atomic mass is 10.0. The van der Waals surface area contributed by atoms with Crippen LogP contribution in [0.25, 0.3) is 11.3 Å². The van der Waals surface area contributed by atoms with Gasteiger partial charge in [0.1, 0.15) is 6.33 Å². The van der Waals surface area contributed by atoms with Gasteiger partial charge >= 0.3 is 5.97 Å². The summed E-state index contributed by atoms with van der Waals surface area (Å²) in [6, 6.07) is 8.03. The Morgan fingerprint density at radius 1 is 1.17 bits per heavy atom. The van der Waals surface area contributed by atoms with Crippen LogP contribution < -0.4 is 0 Å². The second kappa shape index (κ2) is 4.22. The molecule has 0 atom stereocenters. The number of benzene rings is 1. The van der Waals surface area contributed by atoms with E-state index in [0.717, 1.165) is 29.7 Å². The van der Waals surface area contributed by atoms with E-state index in [1.165, 1.54) is 11.9 Å². The first-order chi connectivity index (χ1) is 8.77. The van der Waals surface area contributed by atoms with Crippen LogP contribution in [-0.4, -0.2) is 21.0 Å². The minimum absolute atomic E-state index is 0.136. The van der Waals surface area contributed by atoms with Gasteiger partial charge in [-0.15, -0.1) is 0 Å². The molecule has 18 heavy (non-hydrogen) atoms. The molecule has 0 aliphatic heterocycles. The van der Waals surface area contributed by atoms with Gasteiger partial charge in [0.15, 0.2) is 5.69 Å². The number of aromatic nitrogens is 2. The van der Waals surface area contributed by atoms with E-state index in [0.29, 0.717) is 6.42 Å². The maximum atomic E-state index is 11.2. The Morgan fingerprint density at radius 3 is 2.83 bits per heavy atom. The Morgan fingerprint density at radius 2 is 2.00 bits per heavy atom. The maximum Gasteiger partial charge on any atom is 0.354 e. The van der Waals surface area contributed by atoms with Crippen LogP contribution in [0.5, 0.6) is 0 Å². The van der Waals surface area contributed by atoms with E-state index >= 15 is 0 Å². The van der Waals surface area contributed by atoms with Gasteiger partial charge in [0.2, 0.25) is 0 Å². The molecule has 4 heteroatoms. The predicted octanol–water partition coefficient (Wildman–Crippen LogP) is 2.33. The van der Waals surface area contributed by atoms with Crippen molar-refractivity contribution in [2.45, 2.75) is 19.3 Å². The van der Waals surface area contributed by atoms with Gasteiger partial charge in [-0.25, -0.2) is 14.8 Å². The molecular weight excluding hydrogens is 228 g/mol. The minimum atomic E-state index is -0.979. The zero-order chi connectivity index (χ0) is 12.5. The second-order valence-electron chi connectivity index (χ2n) is 4.37. The van der Waals surface area contributed by atoms with Crippen LogP contribution in [0, 0.1) is 0 Å². The van der Waals surface area contributed by atoms with Crippen LogP contribution >= 0.6 is 0 Å². The van der Waals surface area contributed by atoms with E-state index in [-0.39, 0.29) is 5.69 Å². The van der Waals surface area contributed by atoms with Gasteiger partial charge in [-0.1, -0.05) is 24.3 Å². The quantitative estimate of drug-likeness (QED) is 0.831. The number of rotatable bonds is 1. The molecule has 1 aromatic carbocycles. The summed E-state index contributed by atoms with van der Waals surface area (Å²) in [4.78, 5) is 19.4. The number of hydrogen-bond acceptors (Lipinski definition) is 3. The lowest BCUT2D eigenvalue weighted by Crippen LogP contribution is -2.08. The van der Waals surface area contributed by atoms with Gasteiger partial charge in [0.05, 0.1) is 5.69 Å². The van der Waals surface area contributed by atoms with Gasteiger partial charge in [-0.2, -0.15) is 0 Å². The summed E-state index contributed by atoms with van der Waals surface area (Å²) >= 11 is 0. The largest absolute Gasteiger partial charge is 0.477 e. The molecule has 0 amide bonds. The molecule has 1 aliphatic rings. The molecule has 1 N–H and O–H groups in total. The standard InChI is InChI=1S/C14H12N2O2/c17-14(18)13-11-7-3-5-9-4-1-2-6-10(9)12(11)15-8-16-13/h1-2,4,6,8H,3,5,7H2,(H,17,18). The van der Waals surface area contributed by atoms with E-state index in [1.807, 2.05) is 18.2 Å². The fourth-order valence-corrected chi connectivity index (χ4v) is 2.49. The first-order valence-corrected chi connectivity index (χ1v) is 5.93. The zero-order valence-corrected chi connectivity index (χ0v) is 9.76. The smallest absolute Gasteiger partial charge is 0.354 e. The van der Waals surface area contributed by atoms with Gasteiger partial charge in [-0.05, 0) is 24.8 Å². The Kier molecular flexibility index (Phi) is 2.55. The number of aromatic carboxylic acids is 1. The Labute approximate surface area is 104 Å². The highest BCUT2D eigenvalue weighted by atomic mass is 16.4. The number of aryl methyl sites for hydroxylation is 1. The van der Waals surface area contributed by atoms with Crippen molar-refractivity contribution in [2.75, 3.05) is 0 Å². The molecule has 1 heterocycles. The van der Waals surface area contributed by atoms with Crippen LogP contribution in [0.15, 0.2) is 30.6 Å². The number of fused-ring (bicyclic) bond motifs is 3. The van der Waals surface area contributed by atoms with Crippen LogP contribution in [0.1, 0.15) is 28.0 Å². The monoisotopic (exact) mass is 240 g/mol. The zero-order valence-electron chi connectivity index (χ0n) is 9.76. The van der Waals surface area contributed by atoms with Crippen LogP contribution in [0.3, 0.4) is 0 Å². The molecule has 0 spiro atoms. The molecule has 0 unspecified atom stereocenters. The van der Waals surface area contributed by atoms with Gasteiger partial charge in [0, 0.05) is 11.1 Å². The highest BCUT2D eigenvalue weighted by Gasteiger charge is 2.21. The summed E-state index contributed by atoms with van der Waals surface area (Å²) in [6.07, 6.45) is 3.93. The fraction of sp³-hybridized carbons (Fsp3) is 0.214. The van der Waals surface area contributed by atoms with E-state index in [2.05, 4.69) is 16.0 Å². The summed E-state index contributed by atoms with van der Waals surface area (Å²) in [5.74, 6) is -0.979. The highest BCUT2D eigenvalue weighted by molar-refractivity contribution is 5.89. The molecule has 0 saturated heterocycles. The molecule has 2 aromatic rings. The van der Waals surface area contributed by atoms with Crippen molar-refractivity contribution in [2.24, 2.45) is 0 Å². The van der Waals surface area contributed by atoms with E-state index < -0.39 is 5.97 Å². The van der Waals surface area contributed by atoms with Crippen LogP contribution in [-0.2, 0) is 12.8 Å². The van der Waals surface area contributed by atoms with Crippen molar-refractivity contribution >= 4 is 5.97 Å². The van der Waals surface area contributed by atoms with Crippen molar-refractivity contribution < 1.29 is 9.90 Å². The molecule has 0 fully saturated rings. The SMILES string of the molecule is O=C(O)c1ncnc2c1CCCc1ccccc1-2. The van der Waals surface area contributed by atoms with Gasteiger partial charge < -0.3 is 5.11 Å². The lowest BCUT2D eigenvalue weighted by Gasteiger charge is -2.09. The molecule has 3 rings (SSSR count). The van der Waals surface area contributed by atoms with E-state index in [4.69, 9.17) is 0 Å². The second-order valence-corrected chi connectivity index (χ2v) is 4.37. The highest BCUT2D eigenvalue weighted by Crippen LogP contribution is 2.31. The molecule has 1 aliphatic carbocycles. The average Bonchev–Trinajstić information content (AvgIpc) is 2.57. The Hall–Kier alpha value is -2.23. The molecule has 90 valence electrons. The molecule has 1 aromatic heterocycles. The number of carboxylic acids is 1. The molecule has 0 saturated carbocycles. The van der Waals surface area contributed by atoms with Gasteiger partial charge in [0.25, 0.3) is 0 Å².